The normalized spacial score (nSPS) is 16.0. The third-order valence-corrected chi connectivity index (χ3v) is 6.37. The number of piperazine rings is 1. The number of hydrogen-bond donors (Lipinski definition) is 1. The van der Waals surface area contributed by atoms with E-state index in [0.29, 0.717) is 25.4 Å². The van der Waals surface area contributed by atoms with E-state index in [1.165, 1.54) is 10.4 Å². The maximum absolute atomic E-state index is 12.7. The quantitative estimate of drug-likeness (QED) is 0.876. The first kappa shape index (κ1) is 17.8. The van der Waals surface area contributed by atoms with E-state index in [4.69, 9.17) is 16.0 Å². The Balaban J connectivity index is 1.58. The van der Waals surface area contributed by atoms with Crippen LogP contribution in [0, 0.1) is 0 Å². The van der Waals surface area contributed by atoms with Crippen molar-refractivity contribution in [1.29, 1.82) is 0 Å². The zero-order valence-electron chi connectivity index (χ0n) is 13.4. The molecule has 0 bridgehead atoms. The molecule has 1 saturated heterocycles. The standard InChI is InChI=1S/C16H18ClN3O4S/c17-14-5-1-2-6-15(14)25(22,23)20-9-7-19(8-10-20)16(21)18-12-13-4-3-11-24-13/h1-6,11H,7-10,12H2,(H,18,21). The minimum absolute atomic E-state index is 0.0902. The van der Waals surface area contributed by atoms with Crippen molar-refractivity contribution in [2.24, 2.45) is 0 Å². The molecule has 0 aliphatic carbocycles. The van der Waals surface area contributed by atoms with Gasteiger partial charge < -0.3 is 14.6 Å². The van der Waals surface area contributed by atoms with Crippen LogP contribution in [0.4, 0.5) is 4.79 Å². The molecule has 0 radical (unpaired) electrons. The molecule has 2 heterocycles. The average molecular weight is 384 g/mol. The van der Waals surface area contributed by atoms with Gasteiger partial charge in [0.1, 0.15) is 10.7 Å². The molecule has 2 aromatic rings. The summed E-state index contributed by atoms with van der Waals surface area (Å²) < 4.78 is 31.9. The van der Waals surface area contributed by atoms with Crippen molar-refractivity contribution < 1.29 is 17.6 Å². The van der Waals surface area contributed by atoms with Crippen LogP contribution in [0.2, 0.25) is 5.02 Å². The van der Waals surface area contributed by atoms with Gasteiger partial charge >= 0.3 is 6.03 Å². The lowest BCUT2D eigenvalue weighted by molar-refractivity contribution is 0.171. The molecule has 0 atom stereocenters. The summed E-state index contributed by atoms with van der Waals surface area (Å²) in [7, 11) is -3.66. The number of halogens is 1. The summed E-state index contributed by atoms with van der Waals surface area (Å²) in [6.45, 7) is 1.37. The van der Waals surface area contributed by atoms with Crippen LogP contribution in [-0.2, 0) is 16.6 Å². The second kappa shape index (κ2) is 7.47. The maximum Gasteiger partial charge on any atom is 0.317 e. The highest BCUT2D eigenvalue weighted by molar-refractivity contribution is 7.89. The molecule has 2 amide bonds. The molecule has 1 fully saturated rings. The van der Waals surface area contributed by atoms with E-state index in [1.807, 2.05) is 0 Å². The van der Waals surface area contributed by atoms with E-state index >= 15 is 0 Å². The molecule has 134 valence electrons. The Labute approximate surface area is 151 Å². The van der Waals surface area contributed by atoms with Crippen molar-refractivity contribution in [3.05, 3.63) is 53.4 Å². The molecular weight excluding hydrogens is 366 g/mol. The number of amides is 2. The first-order chi connectivity index (χ1) is 12.0. The molecule has 0 saturated carbocycles. The van der Waals surface area contributed by atoms with Crippen molar-refractivity contribution in [2.45, 2.75) is 11.4 Å². The van der Waals surface area contributed by atoms with Gasteiger partial charge in [-0.25, -0.2) is 13.2 Å². The lowest BCUT2D eigenvalue weighted by Gasteiger charge is -2.34. The van der Waals surface area contributed by atoms with Crippen molar-refractivity contribution in [1.82, 2.24) is 14.5 Å². The molecule has 1 aromatic carbocycles. The number of carbonyl (C=O) groups excluding carboxylic acids is 1. The van der Waals surface area contributed by atoms with Crippen LogP contribution in [0.1, 0.15) is 5.76 Å². The molecule has 25 heavy (non-hydrogen) atoms. The number of benzene rings is 1. The number of furan rings is 1. The third kappa shape index (κ3) is 3.97. The first-order valence-corrected chi connectivity index (χ1v) is 9.60. The Morgan fingerprint density at radius 1 is 1.12 bits per heavy atom. The van der Waals surface area contributed by atoms with Crippen LogP contribution in [0.15, 0.2) is 52.0 Å². The average Bonchev–Trinajstić information content (AvgIpc) is 3.13. The molecule has 1 aliphatic heterocycles. The number of sulfonamides is 1. The van der Waals surface area contributed by atoms with E-state index in [1.54, 1.807) is 41.5 Å². The topological polar surface area (TPSA) is 82.9 Å². The van der Waals surface area contributed by atoms with E-state index < -0.39 is 10.0 Å². The monoisotopic (exact) mass is 383 g/mol. The Bertz CT molecular complexity index is 831. The van der Waals surface area contributed by atoms with E-state index in [2.05, 4.69) is 5.32 Å². The number of rotatable bonds is 4. The molecule has 1 aromatic heterocycles. The largest absolute Gasteiger partial charge is 0.467 e. The Kier molecular flexibility index (Phi) is 5.31. The molecule has 0 unspecified atom stereocenters. The first-order valence-electron chi connectivity index (χ1n) is 7.78. The minimum Gasteiger partial charge on any atom is -0.467 e. The summed E-state index contributed by atoms with van der Waals surface area (Å²) in [5.41, 5.74) is 0. The fourth-order valence-electron chi connectivity index (χ4n) is 2.61. The van der Waals surface area contributed by atoms with Gasteiger partial charge in [0.25, 0.3) is 0 Å². The minimum atomic E-state index is -3.66. The fourth-order valence-corrected chi connectivity index (χ4v) is 4.53. The third-order valence-electron chi connectivity index (χ3n) is 3.97. The van der Waals surface area contributed by atoms with Crippen LogP contribution in [0.25, 0.3) is 0 Å². The summed E-state index contributed by atoms with van der Waals surface area (Å²) in [6.07, 6.45) is 1.54. The van der Waals surface area contributed by atoms with Gasteiger partial charge in [0, 0.05) is 26.2 Å². The fraction of sp³-hybridized carbons (Fsp3) is 0.312. The molecule has 0 spiro atoms. The van der Waals surface area contributed by atoms with Gasteiger partial charge in [-0.1, -0.05) is 23.7 Å². The molecule has 3 rings (SSSR count). The number of carbonyl (C=O) groups is 1. The molecule has 7 nitrogen and oxygen atoms in total. The number of nitrogens with zero attached hydrogens (tertiary/aromatic N) is 2. The number of hydrogen-bond acceptors (Lipinski definition) is 4. The second-order valence-electron chi connectivity index (χ2n) is 5.56. The van der Waals surface area contributed by atoms with Gasteiger partial charge in [-0.15, -0.1) is 0 Å². The van der Waals surface area contributed by atoms with E-state index in [9.17, 15) is 13.2 Å². The van der Waals surface area contributed by atoms with Crippen molar-refractivity contribution >= 4 is 27.7 Å². The van der Waals surface area contributed by atoms with Crippen LogP contribution in [0.3, 0.4) is 0 Å². The zero-order chi connectivity index (χ0) is 17.9. The maximum atomic E-state index is 12.7. The summed E-state index contributed by atoms with van der Waals surface area (Å²) in [5, 5.41) is 2.95. The lowest BCUT2D eigenvalue weighted by atomic mass is 10.4. The zero-order valence-corrected chi connectivity index (χ0v) is 15.0. The van der Waals surface area contributed by atoms with Gasteiger partial charge in [0.2, 0.25) is 10.0 Å². The van der Waals surface area contributed by atoms with Gasteiger partial charge in [-0.2, -0.15) is 4.31 Å². The highest BCUT2D eigenvalue weighted by Gasteiger charge is 2.31. The van der Waals surface area contributed by atoms with Crippen LogP contribution in [0.5, 0.6) is 0 Å². The number of urea groups is 1. The Morgan fingerprint density at radius 3 is 2.48 bits per heavy atom. The van der Waals surface area contributed by atoms with Gasteiger partial charge in [-0.3, -0.25) is 0 Å². The van der Waals surface area contributed by atoms with Crippen LogP contribution < -0.4 is 5.32 Å². The molecule has 1 N–H and O–H groups in total. The number of nitrogens with one attached hydrogen (secondary N) is 1. The molecular formula is C16H18ClN3O4S. The Hall–Kier alpha value is -2.03. The van der Waals surface area contributed by atoms with Gasteiger partial charge in [0.15, 0.2) is 0 Å². The molecule has 9 heteroatoms. The highest BCUT2D eigenvalue weighted by atomic mass is 35.5. The van der Waals surface area contributed by atoms with E-state index in [-0.39, 0.29) is 29.0 Å². The van der Waals surface area contributed by atoms with Crippen LogP contribution >= 0.6 is 11.6 Å². The van der Waals surface area contributed by atoms with Crippen LogP contribution in [-0.4, -0.2) is 49.8 Å². The van der Waals surface area contributed by atoms with Gasteiger partial charge in [-0.05, 0) is 24.3 Å². The van der Waals surface area contributed by atoms with E-state index in [0.717, 1.165) is 0 Å². The van der Waals surface area contributed by atoms with Gasteiger partial charge in [0.05, 0.1) is 17.8 Å². The smallest absolute Gasteiger partial charge is 0.317 e. The predicted molar refractivity (Wildman–Crippen MR) is 92.7 cm³/mol. The van der Waals surface area contributed by atoms with Crippen molar-refractivity contribution in [3.8, 4) is 0 Å². The summed E-state index contributed by atoms with van der Waals surface area (Å²) >= 11 is 6.01. The highest BCUT2D eigenvalue weighted by Crippen LogP contribution is 2.24. The summed E-state index contributed by atoms with van der Waals surface area (Å²) in [6, 6.07) is 9.63. The Morgan fingerprint density at radius 2 is 1.84 bits per heavy atom. The summed E-state index contributed by atoms with van der Waals surface area (Å²) in [5.74, 6) is 0.660. The lowest BCUT2D eigenvalue weighted by Crippen LogP contribution is -2.52. The molecule has 1 aliphatic rings. The SMILES string of the molecule is O=C(NCc1ccco1)N1CCN(S(=O)(=O)c2ccccc2Cl)CC1. The predicted octanol–water partition coefficient (Wildman–Crippen LogP) is 2.15. The summed E-state index contributed by atoms with van der Waals surface area (Å²) in [4.78, 5) is 13.8. The van der Waals surface area contributed by atoms with Crippen molar-refractivity contribution in [3.63, 3.8) is 0 Å². The second-order valence-corrected chi connectivity index (χ2v) is 7.87. The van der Waals surface area contributed by atoms with Crippen molar-refractivity contribution in [2.75, 3.05) is 26.2 Å².